The van der Waals surface area contributed by atoms with Crippen molar-refractivity contribution in [2.75, 3.05) is 26.2 Å². The molecule has 0 atom stereocenters. The summed E-state index contributed by atoms with van der Waals surface area (Å²) < 4.78 is 0. The first-order valence-electron chi connectivity index (χ1n) is 5.01. The van der Waals surface area contributed by atoms with Crippen LogP contribution in [0.25, 0.3) is 0 Å². The molecule has 1 aliphatic rings. The van der Waals surface area contributed by atoms with Crippen molar-refractivity contribution in [1.29, 1.82) is 0 Å². The average molecular weight is 206 g/mol. The van der Waals surface area contributed by atoms with E-state index in [9.17, 15) is 5.11 Å². The molecule has 1 aliphatic heterocycles. The molecule has 0 saturated carbocycles. The standard InChI is InChI=1S/C10H14N4O/c15-10-3-1-2-9(8-10)12-13-14-6-4-11-5-7-14/h1-3,8,11,15H,4-7H2. The van der Waals surface area contributed by atoms with E-state index < -0.39 is 0 Å². The fourth-order valence-corrected chi connectivity index (χ4v) is 1.41. The minimum atomic E-state index is 0.215. The minimum absolute atomic E-state index is 0.215. The van der Waals surface area contributed by atoms with Crippen LogP contribution in [0.5, 0.6) is 5.75 Å². The van der Waals surface area contributed by atoms with E-state index >= 15 is 0 Å². The Balaban J connectivity index is 1.97. The molecule has 0 amide bonds. The van der Waals surface area contributed by atoms with Crippen molar-refractivity contribution < 1.29 is 5.11 Å². The normalized spacial score (nSPS) is 17.2. The van der Waals surface area contributed by atoms with Gasteiger partial charge in [0.05, 0.1) is 18.8 Å². The van der Waals surface area contributed by atoms with Crippen LogP contribution in [-0.4, -0.2) is 36.3 Å². The summed E-state index contributed by atoms with van der Waals surface area (Å²) in [6.45, 7) is 3.64. The van der Waals surface area contributed by atoms with Crippen LogP contribution in [0.1, 0.15) is 0 Å². The van der Waals surface area contributed by atoms with E-state index in [-0.39, 0.29) is 5.75 Å². The van der Waals surface area contributed by atoms with E-state index in [1.165, 1.54) is 0 Å². The molecule has 0 unspecified atom stereocenters. The third-order valence-corrected chi connectivity index (χ3v) is 2.21. The molecule has 2 rings (SSSR count). The summed E-state index contributed by atoms with van der Waals surface area (Å²) >= 11 is 0. The minimum Gasteiger partial charge on any atom is -0.508 e. The zero-order chi connectivity index (χ0) is 10.5. The lowest BCUT2D eigenvalue weighted by atomic mass is 10.3. The van der Waals surface area contributed by atoms with E-state index in [1.807, 2.05) is 11.1 Å². The van der Waals surface area contributed by atoms with Gasteiger partial charge in [-0.15, -0.1) is 5.11 Å². The van der Waals surface area contributed by atoms with Crippen molar-refractivity contribution in [2.24, 2.45) is 10.3 Å². The van der Waals surface area contributed by atoms with E-state index in [0.29, 0.717) is 5.69 Å². The predicted octanol–water partition coefficient (Wildman–Crippen LogP) is 1.30. The van der Waals surface area contributed by atoms with Crippen LogP contribution >= 0.6 is 0 Å². The van der Waals surface area contributed by atoms with Gasteiger partial charge in [-0.05, 0) is 12.1 Å². The van der Waals surface area contributed by atoms with E-state index in [2.05, 4.69) is 15.7 Å². The van der Waals surface area contributed by atoms with E-state index in [4.69, 9.17) is 0 Å². The summed E-state index contributed by atoms with van der Waals surface area (Å²) in [5.74, 6) is 0.215. The molecule has 80 valence electrons. The van der Waals surface area contributed by atoms with Crippen LogP contribution in [0.4, 0.5) is 5.69 Å². The molecule has 0 aromatic heterocycles. The van der Waals surface area contributed by atoms with Gasteiger partial charge in [-0.25, -0.2) is 0 Å². The van der Waals surface area contributed by atoms with Gasteiger partial charge in [0.25, 0.3) is 0 Å². The van der Waals surface area contributed by atoms with Crippen LogP contribution in [-0.2, 0) is 0 Å². The molecule has 0 bridgehead atoms. The maximum absolute atomic E-state index is 9.22. The zero-order valence-electron chi connectivity index (χ0n) is 8.43. The second-order valence-electron chi connectivity index (χ2n) is 3.41. The lowest BCUT2D eigenvalue weighted by Gasteiger charge is -2.22. The Morgan fingerprint density at radius 1 is 1.27 bits per heavy atom. The van der Waals surface area contributed by atoms with Crippen molar-refractivity contribution in [3.63, 3.8) is 0 Å². The van der Waals surface area contributed by atoms with E-state index in [0.717, 1.165) is 26.2 Å². The summed E-state index contributed by atoms with van der Waals surface area (Å²) in [5.41, 5.74) is 0.675. The van der Waals surface area contributed by atoms with Crippen LogP contribution < -0.4 is 5.32 Å². The number of benzene rings is 1. The first kappa shape index (κ1) is 9.92. The van der Waals surface area contributed by atoms with Crippen molar-refractivity contribution >= 4 is 5.69 Å². The second kappa shape index (κ2) is 4.75. The van der Waals surface area contributed by atoms with Gasteiger partial charge >= 0.3 is 0 Å². The molecule has 1 aromatic rings. The predicted molar refractivity (Wildman–Crippen MR) is 57.1 cm³/mol. The smallest absolute Gasteiger partial charge is 0.117 e. The molecule has 0 aliphatic carbocycles. The number of hydrogen-bond acceptors (Lipinski definition) is 4. The molecular weight excluding hydrogens is 192 g/mol. The third kappa shape index (κ3) is 2.92. The highest BCUT2D eigenvalue weighted by atomic mass is 16.3. The Labute approximate surface area is 88.4 Å². The molecule has 15 heavy (non-hydrogen) atoms. The number of hydrogen-bond donors (Lipinski definition) is 2. The number of rotatable bonds is 2. The Morgan fingerprint density at radius 2 is 2.07 bits per heavy atom. The number of nitrogens with one attached hydrogen (secondary N) is 1. The number of phenols is 1. The van der Waals surface area contributed by atoms with Gasteiger partial charge in [0, 0.05) is 19.2 Å². The topological polar surface area (TPSA) is 60.2 Å². The molecule has 0 radical (unpaired) electrons. The fraction of sp³-hybridized carbons (Fsp3) is 0.400. The largest absolute Gasteiger partial charge is 0.508 e. The number of aromatic hydroxyl groups is 1. The number of piperazine rings is 1. The Kier molecular flexibility index (Phi) is 3.14. The number of phenolic OH excluding ortho intramolecular Hbond substituents is 1. The maximum atomic E-state index is 9.22. The Bertz CT molecular complexity index is 347. The van der Waals surface area contributed by atoms with Crippen molar-refractivity contribution in [3.05, 3.63) is 24.3 Å². The van der Waals surface area contributed by atoms with Crippen LogP contribution in [0.3, 0.4) is 0 Å². The van der Waals surface area contributed by atoms with Gasteiger partial charge in [-0.3, -0.25) is 5.01 Å². The first-order chi connectivity index (χ1) is 7.34. The maximum Gasteiger partial charge on any atom is 0.117 e. The monoisotopic (exact) mass is 206 g/mol. The van der Waals surface area contributed by atoms with Gasteiger partial charge in [0.1, 0.15) is 5.75 Å². The van der Waals surface area contributed by atoms with Crippen molar-refractivity contribution in [1.82, 2.24) is 10.3 Å². The van der Waals surface area contributed by atoms with E-state index in [1.54, 1.807) is 18.2 Å². The van der Waals surface area contributed by atoms with Gasteiger partial charge in [0.2, 0.25) is 0 Å². The van der Waals surface area contributed by atoms with Gasteiger partial charge < -0.3 is 10.4 Å². The summed E-state index contributed by atoms with van der Waals surface area (Å²) in [6.07, 6.45) is 0. The molecule has 1 aromatic carbocycles. The van der Waals surface area contributed by atoms with Gasteiger partial charge in [-0.1, -0.05) is 11.3 Å². The molecular formula is C10H14N4O. The SMILES string of the molecule is Oc1cccc(N=NN2CCNCC2)c1. The highest BCUT2D eigenvalue weighted by molar-refractivity contribution is 5.41. The second-order valence-corrected chi connectivity index (χ2v) is 3.41. The van der Waals surface area contributed by atoms with Gasteiger partial charge in [0.15, 0.2) is 0 Å². The quantitative estimate of drug-likeness (QED) is 0.717. The molecule has 1 fully saturated rings. The average Bonchev–Trinajstić information content (AvgIpc) is 2.28. The molecule has 1 heterocycles. The third-order valence-electron chi connectivity index (χ3n) is 2.21. The molecule has 5 heteroatoms. The summed E-state index contributed by atoms with van der Waals surface area (Å²) in [6, 6.07) is 6.77. The molecule has 5 nitrogen and oxygen atoms in total. The highest BCUT2D eigenvalue weighted by Crippen LogP contribution is 2.18. The summed E-state index contributed by atoms with van der Waals surface area (Å²) in [4.78, 5) is 0. The van der Waals surface area contributed by atoms with Crippen LogP contribution in [0, 0.1) is 0 Å². The number of nitrogens with zero attached hydrogens (tertiary/aromatic N) is 3. The lowest BCUT2D eigenvalue weighted by molar-refractivity contribution is 0.237. The Morgan fingerprint density at radius 3 is 2.80 bits per heavy atom. The zero-order valence-corrected chi connectivity index (χ0v) is 8.43. The van der Waals surface area contributed by atoms with Crippen molar-refractivity contribution in [3.8, 4) is 5.75 Å². The molecule has 2 N–H and O–H groups in total. The summed E-state index contributed by atoms with van der Waals surface area (Å²) in [7, 11) is 0. The molecule has 1 saturated heterocycles. The van der Waals surface area contributed by atoms with Crippen molar-refractivity contribution in [2.45, 2.75) is 0 Å². The fourth-order valence-electron chi connectivity index (χ4n) is 1.41. The highest BCUT2D eigenvalue weighted by Gasteiger charge is 2.05. The molecule has 0 spiro atoms. The van der Waals surface area contributed by atoms with Gasteiger partial charge in [-0.2, -0.15) is 0 Å². The van der Waals surface area contributed by atoms with Crippen LogP contribution in [0.15, 0.2) is 34.6 Å². The summed E-state index contributed by atoms with van der Waals surface area (Å²) in [5, 5.41) is 22.5. The first-order valence-corrected chi connectivity index (χ1v) is 5.01. The lowest BCUT2D eigenvalue weighted by Crippen LogP contribution is -2.40. The Hall–Kier alpha value is -1.62. The van der Waals surface area contributed by atoms with Crippen LogP contribution in [0.2, 0.25) is 0 Å².